The van der Waals surface area contributed by atoms with Crippen molar-refractivity contribution in [2.75, 3.05) is 6.61 Å². The Hall–Kier alpha value is -1.45. The highest BCUT2D eigenvalue weighted by atomic mass is 16.3. The fourth-order valence-electron chi connectivity index (χ4n) is 2.53. The van der Waals surface area contributed by atoms with E-state index in [0.717, 1.165) is 50.5 Å². The predicted octanol–water partition coefficient (Wildman–Crippen LogP) is 3.88. The van der Waals surface area contributed by atoms with Gasteiger partial charge in [-0.05, 0) is 38.2 Å². The molecule has 128 valence electrons. The summed E-state index contributed by atoms with van der Waals surface area (Å²) in [4.78, 5) is 11.9. The van der Waals surface area contributed by atoms with Crippen molar-refractivity contribution in [3.63, 3.8) is 0 Å². The Bertz CT molecular complexity index is 458. The quantitative estimate of drug-likeness (QED) is 0.345. The number of carbonyl (C=O) groups excluding carboxylic acids is 1. The van der Waals surface area contributed by atoms with E-state index in [9.17, 15) is 9.90 Å². The molecule has 0 saturated heterocycles. The van der Waals surface area contributed by atoms with Gasteiger partial charge in [0.2, 0.25) is 0 Å². The second-order valence-electron chi connectivity index (χ2n) is 5.97. The molecular formula is C20H30O3. The lowest BCUT2D eigenvalue weighted by Crippen LogP contribution is -2.03. The van der Waals surface area contributed by atoms with Gasteiger partial charge < -0.3 is 10.2 Å². The topological polar surface area (TPSA) is 57.5 Å². The van der Waals surface area contributed by atoms with Gasteiger partial charge in [-0.25, -0.2) is 0 Å². The van der Waals surface area contributed by atoms with E-state index in [4.69, 9.17) is 5.11 Å². The SMILES string of the molecule is CCCCC(O)C=CC=C1C(=O)C=CC1CC=CCCCCO. The van der Waals surface area contributed by atoms with E-state index in [1.807, 2.05) is 12.2 Å². The number of aliphatic hydroxyl groups is 2. The van der Waals surface area contributed by atoms with Crippen LogP contribution in [-0.4, -0.2) is 28.7 Å². The third kappa shape index (κ3) is 8.10. The molecule has 0 aromatic carbocycles. The minimum absolute atomic E-state index is 0.0661. The molecule has 0 aromatic heterocycles. The molecule has 0 saturated carbocycles. The summed E-state index contributed by atoms with van der Waals surface area (Å²) < 4.78 is 0. The summed E-state index contributed by atoms with van der Waals surface area (Å²) >= 11 is 0. The number of ketones is 1. The standard InChI is InChI=1S/C20H30O3/c1-2-3-11-18(22)12-9-13-19-17(14-15-20(19)23)10-7-5-4-6-8-16-21/h5,7,9,12-15,17-18,21-22H,2-4,6,8,10-11,16H2,1H3. The zero-order chi connectivity index (χ0) is 16.9. The molecule has 2 unspecified atom stereocenters. The summed E-state index contributed by atoms with van der Waals surface area (Å²) in [6.07, 6.45) is 19.2. The molecule has 0 fully saturated rings. The van der Waals surface area contributed by atoms with Crippen molar-refractivity contribution in [1.29, 1.82) is 0 Å². The molecule has 0 heterocycles. The van der Waals surface area contributed by atoms with Crippen molar-refractivity contribution in [3.8, 4) is 0 Å². The van der Waals surface area contributed by atoms with Crippen LogP contribution >= 0.6 is 0 Å². The van der Waals surface area contributed by atoms with Gasteiger partial charge in [-0.3, -0.25) is 4.79 Å². The van der Waals surface area contributed by atoms with Gasteiger partial charge in [-0.2, -0.15) is 0 Å². The first kappa shape index (κ1) is 19.6. The Kier molecular flexibility index (Phi) is 10.3. The maximum Gasteiger partial charge on any atom is 0.182 e. The highest BCUT2D eigenvalue weighted by Crippen LogP contribution is 2.25. The van der Waals surface area contributed by atoms with Crippen LogP contribution in [0.1, 0.15) is 51.9 Å². The van der Waals surface area contributed by atoms with Crippen LogP contribution in [0.5, 0.6) is 0 Å². The molecule has 0 spiro atoms. The Balaban J connectivity index is 2.46. The lowest BCUT2D eigenvalue weighted by atomic mass is 9.97. The van der Waals surface area contributed by atoms with Gasteiger partial charge >= 0.3 is 0 Å². The first-order valence-electron chi connectivity index (χ1n) is 8.73. The van der Waals surface area contributed by atoms with E-state index in [1.165, 1.54) is 0 Å². The third-order valence-electron chi connectivity index (χ3n) is 3.96. The average Bonchev–Trinajstić information content (AvgIpc) is 2.89. The fraction of sp³-hybridized carbons (Fsp3) is 0.550. The minimum Gasteiger partial charge on any atom is -0.396 e. The molecule has 0 aliphatic heterocycles. The first-order chi connectivity index (χ1) is 11.2. The molecule has 0 aromatic rings. The number of carbonyl (C=O) groups is 1. The van der Waals surface area contributed by atoms with E-state index in [2.05, 4.69) is 19.1 Å². The van der Waals surface area contributed by atoms with Gasteiger partial charge in [0.05, 0.1) is 6.10 Å². The smallest absolute Gasteiger partial charge is 0.182 e. The van der Waals surface area contributed by atoms with Gasteiger partial charge in [-0.1, -0.05) is 56.2 Å². The average molecular weight is 318 g/mol. The number of hydrogen-bond acceptors (Lipinski definition) is 3. The zero-order valence-corrected chi connectivity index (χ0v) is 14.2. The number of unbranched alkanes of at least 4 members (excludes halogenated alkanes) is 3. The maximum atomic E-state index is 11.9. The van der Waals surface area contributed by atoms with E-state index in [1.54, 1.807) is 18.2 Å². The minimum atomic E-state index is -0.430. The highest BCUT2D eigenvalue weighted by molar-refractivity contribution is 6.07. The Morgan fingerprint density at radius 3 is 2.83 bits per heavy atom. The molecule has 2 N–H and O–H groups in total. The molecule has 1 aliphatic rings. The van der Waals surface area contributed by atoms with Gasteiger partial charge in [-0.15, -0.1) is 0 Å². The monoisotopic (exact) mass is 318 g/mol. The van der Waals surface area contributed by atoms with Crippen LogP contribution in [-0.2, 0) is 4.79 Å². The summed E-state index contributed by atoms with van der Waals surface area (Å²) in [6, 6.07) is 0. The number of aliphatic hydroxyl groups excluding tert-OH is 2. The van der Waals surface area contributed by atoms with E-state index >= 15 is 0 Å². The molecule has 3 heteroatoms. The Labute approximate surface area is 140 Å². The Morgan fingerprint density at radius 2 is 2.09 bits per heavy atom. The van der Waals surface area contributed by atoms with Crippen molar-refractivity contribution < 1.29 is 15.0 Å². The highest BCUT2D eigenvalue weighted by Gasteiger charge is 2.20. The van der Waals surface area contributed by atoms with E-state index < -0.39 is 6.10 Å². The van der Waals surface area contributed by atoms with Crippen molar-refractivity contribution in [2.45, 2.75) is 58.0 Å². The summed E-state index contributed by atoms with van der Waals surface area (Å²) in [5, 5.41) is 18.5. The van der Waals surface area contributed by atoms with Crippen LogP contribution < -0.4 is 0 Å². The van der Waals surface area contributed by atoms with Crippen molar-refractivity contribution in [3.05, 3.63) is 48.1 Å². The van der Waals surface area contributed by atoms with E-state index in [-0.39, 0.29) is 18.3 Å². The van der Waals surface area contributed by atoms with Crippen LogP contribution in [0.4, 0.5) is 0 Å². The molecule has 0 amide bonds. The fourth-order valence-corrected chi connectivity index (χ4v) is 2.53. The lowest BCUT2D eigenvalue weighted by molar-refractivity contribution is -0.111. The summed E-state index contributed by atoms with van der Waals surface area (Å²) in [7, 11) is 0. The largest absolute Gasteiger partial charge is 0.396 e. The second-order valence-corrected chi connectivity index (χ2v) is 5.97. The summed E-state index contributed by atoms with van der Waals surface area (Å²) in [5.41, 5.74) is 0.795. The molecule has 1 aliphatic carbocycles. The molecule has 1 rings (SSSR count). The van der Waals surface area contributed by atoms with Crippen LogP contribution in [0.15, 0.2) is 48.1 Å². The zero-order valence-electron chi connectivity index (χ0n) is 14.2. The normalized spacial score (nSPS) is 21.3. The number of hydrogen-bond donors (Lipinski definition) is 2. The summed E-state index contributed by atoms with van der Waals surface area (Å²) in [5.74, 6) is 0.199. The van der Waals surface area contributed by atoms with Crippen molar-refractivity contribution >= 4 is 5.78 Å². The van der Waals surface area contributed by atoms with Crippen molar-refractivity contribution in [1.82, 2.24) is 0 Å². The Morgan fingerprint density at radius 1 is 1.26 bits per heavy atom. The van der Waals surface area contributed by atoms with E-state index in [0.29, 0.717) is 0 Å². The van der Waals surface area contributed by atoms with Gasteiger partial charge in [0.25, 0.3) is 0 Å². The molecule has 2 atom stereocenters. The van der Waals surface area contributed by atoms with Crippen LogP contribution in [0, 0.1) is 5.92 Å². The predicted molar refractivity (Wildman–Crippen MR) is 95.1 cm³/mol. The number of rotatable bonds is 11. The molecule has 3 nitrogen and oxygen atoms in total. The van der Waals surface area contributed by atoms with Crippen LogP contribution in [0.2, 0.25) is 0 Å². The van der Waals surface area contributed by atoms with Gasteiger partial charge in [0.1, 0.15) is 0 Å². The molecule has 23 heavy (non-hydrogen) atoms. The third-order valence-corrected chi connectivity index (χ3v) is 3.96. The molecular weight excluding hydrogens is 288 g/mol. The van der Waals surface area contributed by atoms with Gasteiger partial charge in [0, 0.05) is 18.1 Å². The summed E-state index contributed by atoms with van der Waals surface area (Å²) in [6.45, 7) is 2.35. The van der Waals surface area contributed by atoms with Crippen LogP contribution in [0.3, 0.4) is 0 Å². The van der Waals surface area contributed by atoms with Crippen molar-refractivity contribution in [2.24, 2.45) is 5.92 Å². The number of allylic oxidation sites excluding steroid dienone is 7. The molecule has 0 bridgehead atoms. The maximum absolute atomic E-state index is 11.9. The molecule has 0 radical (unpaired) electrons. The lowest BCUT2D eigenvalue weighted by Gasteiger charge is -2.07. The van der Waals surface area contributed by atoms with Gasteiger partial charge in [0.15, 0.2) is 5.78 Å². The first-order valence-corrected chi connectivity index (χ1v) is 8.73. The van der Waals surface area contributed by atoms with Crippen LogP contribution in [0.25, 0.3) is 0 Å². The second kappa shape index (κ2) is 12.0.